The van der Waals surface area contributed by atoms with Gasteiger partial charge in [-0.1, -0.05) is 32.1 Å². The van der Waals surface area contributed by atoms with Crippen LogP contribution in [0.5, 0.6) is 0 Å². The van der Waals surface area contributed by atoms with E-state index < -0.39 is 0 Å². The van der Waals surface area contributed by atoms with Crippen LogP contribution >= 0.6 is 11.3 Å². The predicted molar refractivity (Wildman–Crippen MR) is 86.3 cm³/mol. The van der Waals surface area contributed by atoms with Crippen LogP contribution in [0.4, 0.5) is 0 Å². The van der Waals surface area contributed by atoms with Crippen molar-refractivity contribution in [3.63, 3.8) is 0 Å². The van der Waals surface area contributed by atoms with E-state index in [-0.39, 0.29) is 5.54 Å². The average molecular weight is 295 g/mol. The molecule has 0 atom stereocenters. The first-order valence-electron chi connectivity index (χ1n) is 8.09. The van der Waals surface area contributed by atoms with Crippen LogP contribution in [0.2, 0.25) is 0 Å². The van der Waals surface area contributed by atoms with Crippen LogP contribution in [-0.2, 0) is 12.8 Å². The van der Waals surface area contributed by atoms with Gasteiger partial charge < -0.3 is 5.32 Å². The minimum absolute atomic E-state index is 0.189. The van der Waals surface area contributed by atoms with E-state index in [1.54, 1.807) is 0 Å². The molecule has 0 aromatic carbocycles. The van der Waals surface area contributed by atoms with Gasteiger partial charge >= 0.3 is 0 Å². The highest BCUT2D eigenvalue weighted by Crippen LogP contribution is 2.27. The van der Waals surface area contributed by atoms with Gasteiger partial charge in [-0.05, 0) is 33.1 Å². The van der Waals surface area contributed by atoms with Gasteiger partial charge in [0.05, 0.1) is 0 Å². The van der Waals surface area contributed by atoms with Gasteiger partial charge in [-0.2, -0.15) is 0 Å². The van der Waals surface area contributed by atoms with Crippen molar-refractivity contribution in [1.82, 2.24) is 15.5 Å². The highest BCUT2D eigenvalue weighted by atomic mass is 32.1. The number of hydrogen-bond acceptors (Lipinski definition) is 4. The van der Waals surface area contributed by atoms with Crippen molar-refractivity contribution in [2.75, 3.05) is 6.54 Å². The van der Waals surface area contributed by atoms with E-state index in [2.05, 4.69) is 36.3 Å². The molecule has 1 saturated carbocycles. The van der Waals surface area contributed by atoms with Crippen molar-refractivity contribution in [2.45, 2.75) is 77.7 Å². The zero-order chi connectivity index (χ0) is 14.4. The lowest BCUT2D eigenvalue weighted by molar-refractivity contribution is 0.339. The summed E-state index contributed by atoms with van der Waals surface area (Å²) in [6, 6.07) is 0. The second-order valence-electron chi connectivity index (χ2n) is 7.06. The maximum atomic E-state index is 4.36. The fraction of sp³-hybridized carbons (Fsp3) is 0.875. The fourth-order valence-corrected chi connectivity index (χ4v) is 3.70. The topological polar surface area (TPSA) is 37.8 Å². The van der Waals surface area contributed by atoms with Gasteiger partial charge in [0, 0.05) is 24.9 Å². The Bertz CT molecular complexity index is 389. The quantitative estimate of drug-likeness (QED) is 0.862. The van der Waals surface area contributed by atoms with E-state index >= 15 is 0 Å². The third-order valence-electron chi connectivity index (χ3n) is 3.99. The molecule has 0 radical (unpaired) electrons. The molecule has 0 saturated heterocycles. The van der Waals surface area contributed by atoms with Gasteiger partial charge in [0.2, 0.25) is 0 Å². The van der Waals surface area contributed by atoms with Crippen LogP contribution in [0.25, 0.3) is 0 Å². The summed E-state index contributed by atoms with van der Waals surface area (Å²) in [7, 11) is 0. The van der Waals surface area contributed by atoms with Crippen LogP contribution < -0.4 is 5.32 Å². The molecule has 0 aliphatic heterocycles. The molecular formula is C16H29N3S. The van der Waals surface area contributed by atoms with Gasteiger partial charge in [-0.25, -0.2) is 0 Å². The Morgan fingerprint density at radius 1 is 1.05 bits per heavy atom. The van der Waals surface area contributed by atoms with E-state index in [1.807, 2.05) is 11.3 Å². The first-order valence-corrected chi connectivity index (χ1v) is 8.91. The minimum atomic E-state index is 0.189. The van der Waals surface area contributed by atoms with Crippen molar-refractivity contribution < 1.29 is 0 Å². The molecule has 2 rings (SSSR count). The standard InChI is InChI=1S/C16H29N3S/c1-16(2,3)17-12-11-15-19-18-14(20-15)10-9-13-7-5-4-6-8-13/h13,17H,4-12H2,1-3H3. The molecule has 20 heavy (non-hydrogen) atoms. The van der Waals surface area contributed by atoms with Crippen molar-refractivity contribution in [3.8, 4) is 0 Å². The normalized spacial score (nSPS) is 17.6. The molecule has 1 fully saturated rings. The third-order valence-corrected chi connectivity index (χ3v) is 5.04. The summed E-state index contributed by atoms with van der Waals surface area (Å²) in [5.41, 5.74) is 0.189. The zero-order valence-electron chi connectivity index (χ0n) is 13.2. The second kappa shape index (κ2) is 7.51. The largest absolute Gasteiger partial charge is 0.312 e. The second-order valence-corrected chi connectivity index (χ2v) is 8.21. The molecule has 3 nitrogen and oxygen atoms in total. The Kier molecular flexibility index (Phi) is 5.97. The predicted octanol–water partition coefficient (Wildman–Crippen LogP) is 3.98. The molecule has 1 N–H and O–H groups in total. The van der Waals surface area contributed by atoms with Gasteiger partial charge in [0.15, 0.2) is 0 Å². The number of nitrogens with one attached hydrogen (secondary N) is 1. The van der Waals surface area contributed by atoms with Crippen LogP contribution in [0, 0.1) is 5.92 Å². The molecule has 0 amide bonds. The molecule has 0 bridgehead atoms. The molecule has 114 valence electrons. The van der Waals surface area contributed by atoms with Crippen LogP contribution in [0.15, 0.2) is 0 Å². The first-order chi connectivity index (χ1) is 9.53. The number of aryl methyl sites for hydroxylation is 1. The van der Waals surface area contributed by atoms with Crippen LogP contribution in [0.1, 0.15) is 69.3 Å². The number of nitrogens with zero attached hydrogens (tertiary/aromatic N) is 2. The fourth-order valence-electron chi connectivity index (χ4n) is 2.84. The molecule has 0 unspecified atom stereocenters. The van der Waals surface area contributed by atoms with E-state index in [4.69, 9.17) is 0 Å². The highest BCUT2D eigenvalue weighted by Gasteiger charge is 2.14. The summed E-state index contributed by atoms with van der Waals surface area (Å²) in [4.78, 5) is 0. The SMILES string of the molecule is CC(C)(C)NCCc1nnc(CCC2CCCCC2)s1. The summed E-state index contributed by atoms with van der Waals surface area (Å²) in [5.74, 6) is 0.943. The molecule has 1 aliphatic rings. The van der Waals surface area contributed by atoms with E-state index in [0.717, 1.165) is 25.3 Å². The molecule has 4 heteroatoms. The molecule has 1 heterocycles. The third kappa shape index (κ3) is 5.88. The maximum Gasteiger partial charge on any atom is 0.118 e. The Morgan fingerprint density at radius 2 is 1.70 bits per heavy atom. The minimum Gasteiger partial charge on any atom is -0.312 e. The van der Waals surface area contributed by atoms with Crippen molar-refractivity contribution >= 4 is 11.3 Å². The van der Waals surface area contributed by atoms with Gasteiger partial charge in [0.25, 0.3) is 0 Å². The average Bonchev–Trinajstić information content (AvgIpc) is 2.84. The summed E-state index contributed by atoms with van der Waals surface area (Å²) >= 11 is 1.81. The Morgan fingerprint density at radius 3 is 2.35 bits per heavy atom. The molecule has 1 aromatic rings. The highest BCUT2D eigenvalue weighted by molar-refractivity contribution is 7.11. The Balaban J connectivity index is 1.69. The number of hydrogen-bond donors (Lipinski definition) is 1. The zero-order valence-corrected chi connectivity index (χ0v) is 14.1. The lowest BCUT2D eigenvalue weighted by atomic mass is 9.86. The monoisotopic (exact) mass is 295 g/mol. The van der Waals surface area contributed by atoms with Crippen LogP contribution in [0.3, 0.4) is 0 Å². The maximum absolute atomic E-state index is 4.36. The van der Waals surface area contributed by atoms with Gasteiger partial charge in [-0.15, -0.1) is 21.5 Å². The molecular weight excluding hydrogens is 266 g/mol. The summed E-state index contributed by atoms with van der Waals surface area (Å²) in [6.07, 6.45) is 10.6. The van der Waals surface area contributed by atoms with E-state index in [0.29, 0.717) is 0 Å². The van der Waals surface area contributed by atoms with E-state index in [9.17, 15) is 0 Å². The summed E-state index contributed by atoms with van der Waals surface area (Å²) < 4.78 is 0. The molecule has 0 spiro atoms. The van der Waals surface area contributed by atoms with Crippen molar-refractivity contribution in [3.05, 3.63) is 10.0 Å². The van der Waals surface area contributed by atoms with Crippen molar-refractivity contribution in [2.24, 2.45) is 5.92 Å². The van der Waals surface area contributed by atoms with Gasteiger partial charge in [-0.3, -0.25) is 0 Å². The lowest BCUT2D eigenvalue weighted by Gasteiger charge is -2.20. The smallest absolute Gasteiger partial charge is 0.118 e. The Labute approximate surface area is 127 Å². The van der Waals surface area contributed by atoms with Gasteiger partial charge in [0.1, 0.15) is 10.0 Å². The lowest BCUT2D eigenvalue weighted by Crippen LogP contribution is -2.37. The van der Waals surface area contributed by atoms with E-state index in [1.165, 1.54) is 48.5 Å². The number of rotatable bonds is 6. The number of aromatic nitrogens is 2. The summed E-state index contributed by atoms with van der Waals surface area (Å²) in [6.45, 7) is 7.58. The van der Waals surface area contributed by atoms with Crippen molar-refractivity contribution in [1.29, 1.82) is 0 Å². The first kappa shape index (κ1) is 15.9. The Hall–Kier alpha value is -0.480. The molecule has 1 aliphatic carbocycles. The summed E-state index contributed by atoms with van der Waals surface area (Å²) in [5, 5.41) is 14.6. The molecule has 1 aromatic heterocycles. The van der Waals surface area contributed by atoms with Crippen LogP contribution in [-0.4, -0.2) is 22.3 Å².